The Balaban J connectivity index is 1.99. The number of hydrogen-bond acceptors (Lipinski definition) is 3. The van der Waals surface area contributed by atoms with Crippen molar-refractivity contribution in [3.8, 4) is 0 Å². The molecule has 4 nitrogen and oxygen atoms in total. The number of aliphatic hydroxyl groups excluding tert-OH is 1. The number of hydrogen-bond donors (Lipinski definition) is 2. The fourth-order valence-electron chi connectivity index (χ4n) is 1.73. The minimum atomic E-state index is 0.0563. The van der Waals surface area contributed by atoms with Crippen LogP contribution in [0.3, 0.4) is 0 Å². The van der Waals surface area contributed by atoms with Crippen LogP contribution in [-0.4, -0.2) is 37.4 Å². The predicted molar refractivity (Wildman–Crippen MR) is 62.0 cm³/mol. The molecule has 1 atom stereocenters. The Labute approximate surface area is 96.7 Å². The van der Waals surface area contributed by atoms with Crippen LogP contribution in [0.1, 0.15) is 25.7 Å². The summed E-state index contributed by atoms with van der Waals surface area (Å²) in [5.74, 6) is 0.315. The second-order valence-corrected chi connectivity index (χ2v) is 3.96. The van der Waals surface area contributed by atoms with Crippen LogP contribution in [0.15, 0.2) is 12.2 Å². The molecule has 4 heteroatoms. The third-order valence-electron chi connectivity index (χ3n) is 2.64. The summed E-state index contributed by atoms with van der Waals surface area (Å²) in [6, 6.07) is 0. The van der Waals surface area contributed by atoms with Gasteiger partial charge in [-0.25, -0.2) is 0 Å². The van der Waals surface area contributed by atoms with Crippen molar-refractivity contribution < 1.29 is 14.6 Å². The van der Waals surface area contributed by atoms with Crippen LogP contribution in [0.2, 0.25) is 0 Å². The molecule has 0 saturated heterocycles. The van der Waals surface area contributed by atoms with Crippen LogP contribution in [0.5, 0.6) is 0 Å². The highest BCUT2D eigenvalue weighted by atomic mass is 16.5. The molecule has 1 unspecified atom stereocenters. The van der Waals surface area contributed by atoms with E-state index in [1.807, 2.05) is 0 Å². The first-order chi connectivity index (χ1) is 7.84. The largest absolute Gasteiger partial charge is 0.394 e. The molecule has 0 radical (unpaired) electrons. The van der Waals surface area contributed by atoms with Gasteiger partial charge in [0, 0.05) is 19.1 Å². The Kier molecular flexibility index (Phi) is 6.85. The average molecular weight is 227 g/mol. The number of rotatable bonds is 7. The van der Waals surface area contributed by atoms with Crippen molar-refractivity contribution in [2.45, 2.75) is 25.7 Å². The zero-order valence-corrected chi connectivity index (χ0v) is 9.65. The number of carbonyl (C=O) groups is 1. The minimum absolute atomic E-state index is 0.0563. The number of ether oxygens (including phenoxy) is 1. The summed E-state index contributed by atoms with van der Waals surface area (Å²) >= 11 is 0. The van der Waals surface area contributed by atoms with Gasteiger partial charge in [-0.1, -0.05) is 12.2 Å². The normalized spacial score (nSPS) is 19.7. The van der Waals surface area contributed by atoms with E-state index in [0.29, 0.717) is 19.8 Å². The zero-order chi connectivity index (χ0) is 11.6. The minimum Gasteiger partial charge on any atom is -0.394 e. The van der Waals surface area contributed by atoms with Gasteiger partial charge in [0.25, 0.3) is 0 Å². The fraction of sp³-hybridized carbons (Fsp3) is 0.750. The van der Waals surface area contributed by atoms with Crippen molar-refractivity contribution in [2.24, 2.45) is 5.92 Å². The van der Waals surface area contributed by atoms with Crippen molar-refractivity contribution >= 4 is 5.91 Å². The standard InChI is InChI=1S/C12H21NO3/c14-8-10-16-9-4-7-13-12(15)11-5-2-1-3-6-11/h1-2,11,14H,3-10H2,(H,13,15). The molecule has 1 amide bonds. The fourth-order valence-corrected chi connectivity index (χ4v) is 1.73. The monoisotopic (exact) mass is 227 g/mol. The highest BCUT2D eigenvalue weighted by molar-refractivity contribution is 5.78. The Morgan fingerprint density at radius 1 is 1.44 bits per heavy atom. The number of aliphatic hydroxyl groups is 1. The first-order valence-electron chi connectivity index (χ1n) is 5.96. The number of carbonyl (C=O) groups excluding carboxylic acids is 1. The van der Waals surface area contributed by atoms with Crippen molar-refractivity contribution in [3.05, 3.63) is 12.2 Å². The van der Waals surface area contributed by atoms with Crippen LogP contribution < -0.4 is 5.32 Å². The van der Waals surface area contributed by atoms with Crippen molar-refractivity contribution in [1.29, 1.82) is 0 Å². The van der Waals surface area contributed by atoms with E-state index in [1.165, 1.54) is 0 Å². The van der Waals surface area contributed by atoms with Crippen molar-refractivity contribution in [2.75, 3.05) is 26.4 Å². The number of allylic oxidation sites excluding steroid dienone is 2. The van der Waals surface area contributed by atoms with E-state index in [-0.39, 0.29) is 18.4 Å². The summed E-state index contributed by atoms with van der Waals surface area (Å²) in [5, 5.41) is 11.4. The molecule has 0 heterocycles. The van der Waals surface area contributed by atoms with Crippen LogP contribution in [0.4, 0.5) is 0 Å². The highest BCUT2D eigenvalue weighted by Gasteiger charge is 2.17. The van der Waals surface area contributed by atoms with Crippen LogP contribution >= 0.6 is 0 Å². The predicted octanol–water partition coefficient (Wildman–Crippen LogP) is 0.858. The second-order valence-electron chi connectivity index (χ2n) is 3.96. The summed E-state index contributed by atoms with van der Waals surface area (Å²) in [6.07, 6.45) is 7.85. The van der Waals surface area contributed by atoms with E-state index in [4.69, 9.17) is 9.84 Å². The van der Waals surface area contributed by atoms with Crippen LogP contribution in [0, 0.1) is 5.92 Å². The van der Waals surface area contributed by atoms with Gasteiger partial charge in [-0.15, -0.1) is 0 Å². The van der Waals surface area contributed by atoms with E-state index in [1.54, 1.807) is 0 Å². The Bertz CT molecular complexity index is 228. The molecule has 92 valence electrons. The van der Waals surface area contributed by atoms with Gasteiger partial charge in [0.15, 0.2) is 0 Å². The van der Waals surface area contributed by atoms with E-state index >= 15 is 0 Å². The molecule has 1 rings (SSSR count). The molecule has 0 aromatic heterocycles. The third-order valence-corrected chi connectivity index (χ3v) is 2.64. The van der Waals surface area contributed by atoms with Crippen molar-refractivity contribution in [3.63, 3.8) is 0 Å². The lowest BCUT2D eigenvalue weighted by Crippen LogP contribution is -2.32. The molecule has 1 aliphatic carbocycles. The van der Waals surface area contributed by atoms with Gasteiger partial charge in [0.05, 0.1) is 13.2 Å². The van der Waals surface area contributed by atoms with Gasteiger partial charge >= 0.3 is 0 Å². The van der Waals surface area contributed by atoms with Crippen LogP contribution in [0.25, 0.3) is 0 Å². The van der Waals surface area contributed by atoms with Gasteiger partial charge < -0.3 is 15.2 Å². The number of amides is 1. The SMILES string of the molecule is O=C(NCCCOCCO)C1CC=CCC1. The summed E-state index contributed by atoms with van der Waals surface area (Å²) in [7, 11) is 0. The summed E-state index contributed by atoms with van der Waals surface area (Å²) in [6.45, 7) is 1.68. The molecule has 2 N–H and O–H groups in total. The highest BCUT2D eigenvalue weighted by Crippen LogP contribution is 2.17. The summed E-state index contributed by atoms with van der Waals surface area (Å²) in [4.78, 5) is 11.7. The van der Waals surface area contributed by atoms with Crippen molar-refractivity contribution in [1.82, 2.24) is 5.32 Å². The maximum absolute atomic E-state index is 11.7. The molecule has 0 bridgehead atoms. The molecule has 0 aliphatic heterocycles. The molecule has 0 aromatic carbocycles. The average Bonchev–Trinajstić information content (AvgIpc) is 2.34. The summed E-state index contributed by atoms with van der Waals surface area (Å²) in [5.41, 5.74) is 0. The van der Waals surface area contributed by atoms with Gasteiger partial charge in [0.2, 0.25) is 5.91 Å². The molecule has 16 heavy (non-hydrogen) atoms. The quantitative estimate of drug-likeness (QED) is 0.501. The molecular weight excluding hydrogens is 206 g/mol. The first-order valence-corrected chi connectivity index (χ1v) is 5.96. The molecule has 0 spiro atoms. The Morgan fingerprint density at radius 2 is 2.31 bits per heavy atom. The van der Waals surface area contributed by atoms with Gasteiger partial charge in [-0.05, 0) is 25.7 Å². The van der Waals surface area contributed by atoms with E-state index in [2.05, 4.69) is 17.5 Å². The third kappa shape index (κ3) is 5.28. The number of nitrogens with one attached hydrogen (secondary N) is 1. The maximum atomic E-state index is 11.7. The Hall–Kier alpha value is -0.870. The van der Waals surface area contributed by atoms with Gasteiger partial charge in [0.1, 0.15) is 0 Å². The lowest BCUT2D eigenvalue weighted by molar-refractivity contribution is -0.125. The van der Waals surface area contributed by atoms with Gasteiger partial charge in [-0.3, -0.25) is 4.79 Å². The van der Waals surface area contributed by atoms with E-state index in [0.717, 1.165) is 25.7 Å². The van der Waals surface area contributed by atoms with Crippen LogP contribution in [-0.2, 0) is 9.53 Å². The lowest BCUT2D eigenvalue weighted by atomic mass is 9.94. The molecule has 0 saturated carbocycles. The molecule has 0 aromatic rings. The maximum Gasteiger partial charge on any atom is 0.223 e. The Morgan fingerprint density at radius 3 is 3.00 bits per heavy atom. The van der Waals surface area contributed by atoms with E-state index in [9.17, 15) is 4.79 Å². The first kappa shape index (κ1) is 13.2. The summed E-state index contributed by atoms with van der Waals surface area (Å²) < 4.78 is 5.10. The topological polar surface area (TPSA) is 58.6 Å². The second kappa shape index (κ2) is 8.30. The van der Waals surface area contributed by atoms with Gasteiger partial charge in [-0.2, -0.15) is 0 Å². The molecule has 1 aliphatic rings. The molecule has 0 fully saturated rings. The molecular formula is C12H21NO3. The lowest BCUT2D eigenvalue weighted by Gasteiger charge is -2.17. The van der Waals surface area contributed by atoms with E-state index < -0.39 is 0 Å². The smallest absolute Gasteiger partial charge is 0.223 e. The zero-order valence-electron chi connectivity index (χ0n) is 9.65.